The topological polar surface area (TPSA) is 55.6 Å². The van der Waals surface area contributed by atoms with Crippen molar-refractivity contribution in [2.24, 2.45) is 0 Å². The van der Waals surface area contributed by atoms with Gasteiger partial charge in [0.15, 0.2) is 0 Å². The number of amides is 1. The van der Waals surface area contributed by atoms with Gasteiger partial charge in [-0.3, -0.25) is 4.90 Å². The quantitative estimate of drug-likeness (QED) is 0.800. The van der Waals surface area contributed by atoms with Crippen LogP contribution in [0.3, 0.4) is 0 Å². The molecule has 0 saturated carbocycles. The number of carbonyl (C=O) groups excluding carboxylic acids is 1. The molecule has 1 amide bonds. The number of ether oxygens (including phenoxy) is 1. The van der Waals surface area contributed by atoms with Gasteiger partial charge in [0.05, 0.1) is 6.10 Å². The summed E-state index contributed by atoms with van der Waals surface area (Å²) in [4.78, 5) is 13.3. The van der Waals surface area contributed by atoms with Crippen LogP contribution >= 0.6 is 0 Å². The second-order valence-corrected chi connectivity index (χ2v) is 3.77. The summed E-state index contributed by atoms with van der Waals surface area (Å²) in [6, 6.07) is 7.14. The fourth-order valence-electron chi connectivity index (χ4n) is 1.34. The number of nitrogens with zero attached hydrogens (tertiary/aromatic N) is 1. The lowest BCUT2D eigenvalue weighted by Gasteiger charge is -2.21. The maximum atomic E-state index is 11.7. The second kappa shape index (κ2) is 5.39. The molecule has 0 aliphatic rings. The molecule has 1 rings (SSSR count). The molecule has 16 heavy (non-hydrogen) atoms. The van der Waals surface area contributed by atoms with E-state index in [0.717, 1.165) is 5.69 Å². The van der Waals surface area contributed by atoms with Crippen LogP contribution in [0.4, 0.5) is 16.2 Å². The Bertz CT molecular complexity index is 347. The van der Waals surface area contributed by atoms with Gasteiger partial charge in [-0.05, 0) is 45.0 Å². The van der Waals surface area contributed by atoms with Gasteiger partial charge in [-0.1, -0.05) is 0 Å². The van der Waals surface area contributed by atoms with Crippen molar-refractivity contribution in [3.63, 3.8) is 0 Å². The standard InChI is InChI=1S/C12H18N2O2/c1-4-14(12(15)16-9(2)3)11-7-5-10(13)6-8-11/h5-9H,4,13H2,1-3H3. The molecule has 0 aliphatic heterocycles. The lowest BCUT2D eigenvalue weighted by molar-refractivity contribution is 0.123. The van der Waals surface area contributed by atoms with E-state index in [2.05, 4.69) is 0 Å². The molecule has 0 saturated heterocycles. The summed E-state index contributed by atoms with van der Waals surface area (Å²) in [6.07, 6.45) is -0.447. The molecule has 0 aliphatic carbocycles. The van der Waals surface area contributed by atoms with Crippen LogP contribution in [0, 0.1) is 0 Å². The minimum absolute atomic E-state index is 0.115. The van der Waals surface area contributed by atoms with Crippen molar-refractivity contribution in [3.05, 3.63) is 24.3 Å². The molecule has 0 spiro atoms. The van der Waals surface area contributed by atoms with Crippen LogP contribution in [0.5, 0.6) is 0 Å². The van der Waals surface area contributed by atoms with Gasteiger partial charge in [0.25, 0.3) is 0 Å². The number of nitrogens with two attached hydrogens (primary N) is 1. The molecule has 0 unspecified atom stereocenters. The van der Waals surface area contributed by atoms with E-state index in [1.54, 1.807) is 29.2 Å². The average molecular weight is 222 g/mol. The maximum Gasteiger partial charge on any atom is 0.414 e. The second-order valence-electron chi connectivity index (χ2n) is 3.77. The lowest BCUT2D eigenvalue weighted by atomic mass is 10.2. The van der Waals surface area contributed by atoms with Crippen molar-refractivity contribution in [1.29, 1.82) is 0 Å². The van der Waals surface area contributed by atoms with Crippen molar-refractivity contribution in [2.75, 3.05) is 17.2 Å². The highest BCUT2D eigenvalue weighted by Gasteiger charge is 2.16. The van der Waals surface area contributed by atoms with Crippen LogP contribution in [-0.2, 0) is 4.74 Å². The van der Waals surface area contributed by atoms with E-state index in [-0.39, 0.29) is 12.2 Å². The van der Waals surface area contributed by atoms with Gasteiger partial charge in [0.1, 0.15) is 0 Å². The molecular formula is C12H18N2O2. The molecule has 0 radical (unpaired) electrons. The number of hydrogen-bond donors (Lipinski definition) is 1. The first kappa shape index (κ1) is 12.4. The Kier molecular flexibility index (Phi) is 4.17. The summed E-state index contributed by atoms with van der Waals surface area (Å²) in [5.74, 6) is 0. The molecule has 0 aromatic heterocycles. The van der Waals surface area contributed by atoms with Crippen molar-refractivity contribution in [3.8, 4) is 0 Å². The Labute approximate surface area is 96.0 Å². The molecule has 2 N–H and O–H groups in total. The predicted molar refractivity (Wildman–Crippen MR) is 65.5 cm³/mol. The van der Waals surface area contributed by atoms with Gasteiger partial charge < -0.3 is 10.5 Å². The number of carbonyl (C=O) groups is 1. The molecule has 4 nitrogen and oxygen atoms in total. The third-order valence-electron chi connectivity index (χ3n) is 2.08. The summed E-state index contributed by atoms with van der Waals surface area (Å²) in [5.41, 5.74) is 7.06. The van der Waals surface area contributed by atoms with Crippen LogP contribution in [0.1, 0.15) is 20.8 Å². The fraction of sp³-hybridized carbons (Fsp3) is 0.417. The van der Waals surface area contributed by atoms with Gasteiger partial charge in [0, 0.05) is 17.9 Å². The molecule has 1 aromatic carbocycles. The number of hydrogen-bond acceptors (Lipinski definition) is 3. The molecule has 1 aromatic rings. The largest absolute Gasteiger partial charge is 0.446 e. The highest BCUT2D eigenvalue weighted by atomic mass is 16.6. The first-order chi connectivity index (χ1) is 7.54. The molecule has 0 bridgehead atoms. The van der Waals surface area contributed by atoms with E-state index in [4.69, 9.17) is 10.5 Å². The molecule has 0 fully saturated rings. The van der Waals surface area contributed by atoms with Gasteiger partial charge in [-0.2, -0.15) is 0 Å². The van der Waals surface area contributed by atoms with E-state index >= 15 is 0 Å². The Hall–Kier alpha value is -1.71. The molecule has 0 atom stereocenters. The van der Waals surface area contributed by atoms with Crippen molar-refractivity contribution in [1.82, 2.24) is 0 Å². The van der Waals surface area contributed by atoms with Crippen LogP contribution < -0.4 is 10.6 Å². The zero-order valence-corrected chi connectivity index (χ0v) is 9.93. The minimum atomic E-state index is -0.331. The number of benzene rings is 1. The Morgan fingerprint density at radius 1 is 1.38 bits per heavy atom. The fourth-order valence-corrected chi connectivity index (χ4v) is 1.34. The van der Waals surface area contributed by atoms with E-state index in [0.29, 0.717) is 12.2 Å². The third-order valence-corrected chi connectivity index (χ3v) is 2.08. The average Bonchev–Trinajstić information content (AvgIpc) is 2.21. The zero-order chi connectivity index (χ0) is 12.1. The van der Waals surface area contributed by atoms with Crippen molar-refractivity contribution >= 4 is 17.5 Å². The van der Waals surface area contributed by atoms with Crippen LogP contribution in [-0.4, -0.2) is 18.7 Å². The smallest absolute Gasteiger partial charge is 0.414 e. The Morgan fingerprint density at radius 3 is 2.38 bits per heavy atom. The highest BCUT2D eigenvalue weighted by Crippen LogP contribution is 2.17. The maximum absolute atomic E-state index is 11.7. The summed E-state index contributed by atoms with van der Waals surface area (Å²) in [7, 11) is 0. The van der Waals surface area contributed by atoms with Gasteiger partial charge in [-0.25, -0.2) is 4.79 Å². The first-order valence-electron chi connectivity index (χ1n) is 5.38. The molecular weight excluding hydrogens is 204 g/mol. The third kappa shape index (κ3) is 3.15. The van der Waals surface area contributed by atoms with Gasteiger partial charge in [-0.15, -0.1) is 0 Å². The Balaban J connectivity index is 2.81. The van der Waals surface area contributed by atoms with Crippen molar-refractivity contribution < 1.29 is 9.53 Å². The van der Waals surface area contributed by atoms with Crippen LogP contribution in [0.15, 0.2) is 24.3 Å². The number of anilines is 2. The van der Waals surface area contributed by atoms with Crippen molar-refractivity contribution in [2.45, 2.75) is 26.9 Å². The predicted octanol–water partition coefficient (Wildman–Crippen LogP) is 2.64. The first-order valence-corrected chi connectivity index (χ1v) is 5.38. The van der Waals surface area contributed by atoms with E-state index in [9.17, 15) is 4.79 Å². The zero-order valence-electron chi connectivity index (χ0n) is 9.93. The lowest BCUT2D eigenvalue weighted by Crippen LogP contribution is -2.32. The summed E-state index contributed by atoms with van der Waals surface area (Å²) < 4.78 is 5.14. The monoisotopic (exact) mass is 222 g/mol. The summed E-state index contributed by atoms with van der Waals surface area (Å²) >= 11 is 0. The number of rotatable bonds is 3. The van der Waals surface area contributed by atoms with E-state index in [1.165, 1.54) is 0 Å². The molecule has 0 heterocycles. The SMILES string of the molecule is CCN(C(=O)OC(C)C)c1ccc(N)cc1. The normalized spacial score (nSPS) is 10.2. The molecule has 88 valence electrons. The van der Waals surface area contributed by atoms with Crippen LogP contribution in [0.2, 0.25) is 0 Å². The summed E-state index contributed by atoms with van der Waals surface area (Å²) in [6.45, 7) is 6.12. The van der Waals surface area contributed by atoms with Gasteiger partial charge in [0.2, 0.25) is 0 Å². The summed E-state index contributed by atoms with van der Waals surface area (Å²) in [5, 5.41) is 0. The molecule has 4 heteroatoms. The minimum Gasteiger partial charge on any atom is -0.446 e. The van der Waals surface area contributed by atoms with E-state index < -0.39 is 0 Å². The van der Waals surface area contributed by atoms with Crippen LogP contribution in [0.25, 0.3) is 0 Å². The Morgan fingerprint density at radius 2 is 1.94 bits per heavy atom. The van der Waals surface area contributed by atoms with Gasteiger partial charge >= 0.3 is 6.09 Å². The number of nitrogen functional groups attached to an aromatic ring is 1. The van der Waals surface area contributed by atoms with E-state index in [1.807, 2.05) is 20.8 Å². The highest BCUT2D eigenvalue weighted by molar-refractivity contribution is 5.87.